The fourth-order valence-electron chi connectivity index (χ4n) is 8.02. The summed E-state index contributed by atoms with van der Waals surface area (Å²) in [7, 11) is 0. The number of carbonyl (C=O) groups is 9. The van der Waals surface area contributed by atoms with Crippen LogP contribution in [0.5, 0.6) is 0 Å². The zero-order valence-electron chi connectivity index (χ0n) is 38.0. The minimum atomic E-state index is -1.67. The second-order valence-electron chi connectivity index (χ2n) is 17.6. The van der Waals surface area contributed by atoms with Crippen molar-refractivity contribution in [1.82, 2.24) is 41.5 Å². The van der Waals surface area contributed by atoms with Gasteiger partial charge in [-0.15, -0.1) is 0 Å². The number of primary amides is 2. The molecule has 67 heavy (non-hydrogen) atoms. The van der Waals surface area contributed by atoms with Gasteiger partial charge in [-0.05, 0) is 62.3 Å². The molecule has 8 amide bonds. The molecule has 0 aliphatic carbocycles. The molecule has 1 saturated heterocycles. The molecular weight excluding hydrogens is 867 g/mol. The Morgan fingerprint density at radius 1 is 0.746 bits per heavy atom. The molecule has 0 spiro atoms. The van der Waals surface area contributed by atoms with Gasteiger partial charge in [-0.2, -0.15) is 0 Å². The minimum absolute atomic E-state index is 0.0135. The molecular formula is C46H61N11O10. The molecule has 21 nitrogen and oxygen atoms in total. The number of carboxylic acids is 1. The number of aromatic amines is 2. The van der Waals surface area contributed by atoms with Crippen molar-refractivity contribution in [3.8, 4) is 0 Å². The summed E-state index contributed by atoms with van der Waals surface area (Å²) in [5.74, 6) is -8.48. The van der Waals surface area contributed by atoms with Gasteiger partial charge in [0.15, 0.2) is 0 Å². The van der Waals surface area contributed by atoms with Crippen molar-refractivity contribution in [3.63, 3.8) is 0 Å². The lowest BCUT2D eigenvalue weighted by Gasteiger charge is -2.31. The smallest absolute Gasteiger partial charge is 0.305 e. The van der Waals surface area contributed by atoms with Gasteiger partial charge in [0.25, 0.3) is 0 Å². The summed E-state index contributed by atoms with van der Waals surface area (Å²) in [6, 6.07) is 6.42. The number of hydrogen-bond donors (Lipinski definition) is 11. The van der Waals surface area contributed by atoms with Crippen LogP contribution in [0, 0.1) is 5.92 Å². The molecule has 0 saturated carbocycles. The summed E-state index contributed by atoms with van der Waals surface area (Å²) in [5.41, 5.74) is 18.3. The van der Waals surface area contributed by atoms with E-state index < -0.39 is 114 Å². The normalized spacial score (nSPS) is 16.5. The van der Waals surface area contributed by atoms with E-state index in [-0.39, 0.29) is 25.8 Å². The summed E-state index contributed by atoms with van der Waals surface area (Å²) in [6.45, 7) is 6.44. The minimum Gasteiger partial charge on any atom is -0.481 e. The lowest BCUT2D eigenvalue weighted by atomic mass is 9.96. The lowest BCUT2D eigenvalue weighted by molar-refractivity contribution is -0.141. The van der Waals surface area contributed by atoms with Gasteiger partial charge < -0.3 is 63.8 Å². The van der Waals surface area contributed by atoms with E-state index in [1.165, 1.54) is 18.7 Å². The van der Waals surface area contributed by atoms with Crippen molar-refractivity contribution in [2.75, 3.05) is 6.54 Å². The number of aromatic nitrogens is 2. The number of aliphatic carboxylic acids is 1. The number of hydrogen-bond acceptors (Lipinski definition) is 10. The topological polar surface area (TPSA) is 347 Å². The number of nitrogens with one attached hydrogen (secondary N) is 7. The predicted molar refractivity (Wildman–Crippen MR) is 246 cm³/mol. The summed E-state index contributed by atoms with van der Waals surface area (Å²) in [5, 5.41) is 24.1. The molecule has 0 bridgehead atoms. The number of para-hydroxylation sites is 2. The number of likely N-dealkylation sites (tertiary alicyclic amines) is 1. The molecule has 1 aliphatic rings. The van der Waals surface area contributed by atoms with Crippen LogP contribution < -0.4 is 43.8 Å². The summed E-state index contributed by atoms with van der Waals surface area (Å²) in [4.78, 5) is 128. The predicted octanol–water partition coefficient (Wildman–Crippen LogP) is -0.142. The van der Waals surface area contributed by atoms with Crippen LogP contribution in [-0.2, 0) is 56.0 Å². The maximum Gasteiger partial charge on any atom is 0.305 e. The number of amides is 8. The summed E-state index contributed by atoms with van der Waals surface area (Å²) < 4.78 is 0. The SMILES string of the molecule is CC[C@H](C)[C@H](NC(=O)[C@H](CCC(N)=O)NC(=O)[C@H](Cc1c[nH]c2ccccc12)NC(=O)[C@H](CC(=O)O)NC(=O)C(C)(C)N)C(=O)N[C@@H](Cc1c[nH]c2ccccc12)C(=O)N1CCC[C@H]1C(N)=O. The van der Waals surface area contributed by atoms with Crippen LogP contribution in [0.15, 0.2) is 60.9 Å². The van der Waals surface area contributed by atoms with Crippen molar-refractivity contribution in [2.45, 2.75) is 121 Å². The molecule has 4 aromatic rings. The van der Waals surface area contributed by atoms with Crippen molar-refractivity contribution < 1.29 is 48.3 Å². The first-order chi connectivity index (χ1) is 31.7. The van der Waals surface area contributed by atoms with E-state index in [1.807, 2.05) is 24.3 Å². The second kappa shape index (κ2) is 22.3. The molecule has 21 heteroatoms. The maximum absolute atomic E-state index is 14.4. The van der Waals surface area contributed by atoms with Crippen LogP contribution in [0.1, 0.15) is 77.3 Å². The molecule has 0 radical (unpaired) electrons. The van der Waals surface area contributed by atoms with Crippen LogP contribution in [0.3, 0.4) is 0 Å². The molecule has 360 valence electrons. The van der Waals surface area contributed by atoms with Crippen LogP contribution in [0.2, 0.25) is 0 Å². The van der Waals surface area contributed by atoms with E-state index in [0.29, 0.717) is 41.3 Å². The van der Waals surface area contributed by atoms with Crippen molar-refractivity contribution in [3.05, 3.63) is 72.1 Å². The highest BCUT2D eigenvalue weighted by atomic mass is 16.4. The van der Waals surface area contributed by atoms with Crippen LogP contribution in [0.25, 0.3) is 21.8 Å². The Bertz CT molecular complexity index is 2490. The first-order valence-corrected chi connectivity index (χ1v) is 22.2. The number of nitrogens with two attached hydrogens (primary N) is 3. The lowest BCUT2D eigenvalue weighted by Crippen LogP contribution is -2.61. The third kappa shape index (κ3) is 13.2. The Morgan fingerprint density at radius 2 is 1.27 bits per heavy atom. The third-order valence-corrected chi connectivity index (χ3v) is 12.0. The van der Waals surface area contributed by atoms with E-state index >= 15 is 0 Å². The first-order valence-electron chi connectivity index (χ1n) is 22.2. The van der Waals surface area contributed by atoms with Crippen molar-refractivity contribution >= 4 is 75.0 Å². The Hall–Kier alpha value is -7.29. The van der Waals surface area contributed by atoms with Gasteiger partial charge in [0, 0.05) is 60.0 Å². The number of rotatable bonds is 23. The number of fused-ring (bicyclic) bond motifs is 2. The van der Waals surface area contributed by atoms with Gasteiger partial charge in [0.2, 0.25) is 47.3 Å². The number of nitrogens with zero attached hydrogens (tertiary/aromatic N) is 1. The monoisotopic (exact) mass is 927 g/mol. The summed E-state index contributed by atoms with van der Waals surface area (Å²) >= 11 is 0. The number of benzene rings is 2. The molecule has 1 fully saturated rings. The van der Waals surface area contributed by atoms with E-state index in [1.54, 1.807) is 50.5 Å². The zero-order valence-corrected chi connectivity index (χ0v) is 38.0. The third-order valence-electron chi connectivity index (χ3n) is 12.0. The van der Waals surface area contributed by atoms with E-state index in [0.717, 1.165) is 10.9 Å². The van der Waals surface area contributed by atoms with Gasteiger partial charge in [-0.25, -0.2) is 0 Å². The molecule has 14 N–H and O–H groups in total. The van der Waals surface area contributed by atoms with Crippen molar-refractivity contribution in [1.29, 1.82) is 0 Å². The van der Waals surface area contributed by atoms with Gasteiger partial charge in [-0.3, -0.25) is 43.2 Å². The van der Waals surface area contributed by atoms with Gasteiger partial charge in [-0.1, -0.05) is 56.7 Å². The Kier molecular flexibility index (Phi) is 16.9. The van der Waals surface area contributed by atoms with E-state index in [9.17, 15) is 48.3 Å². The largest absolute Gasteiger partial charge is 0.481 e. The van der Waals surface area contributed by atoms with Crippen LogP contribution in [0.4, 0.5) is 0 Å². The molecule has 7 atom stereocenters. The second-order valence-corrected chi connectivity index (χ2v) is 17.6. The van der Waals surface area contributed by atoms with Crippen LogP contribution in [-0.4, -0.2) is 122 Å². The maximum atomic E-state index is 14.4. The fourth-order valence-corrected chi connectivity index (χ4v) is 8.02. The molecule has 2 aromatic heterocycles. The number of carbonyl (C=O) groups excluding carboxylic acids is 8. The Morgan fingerprint density at radius 3 is 1.81 bits per heavy atom. The first kappa shape index (κ1) is 50.7. The van der Waals surface area contributed by atoms with Crippen molar-refractivity contribution in [2.24, 2.45) is 23.1 Å². The molecule has 5 rings (SSSR count). The highest BCUT2D eigenvalue weighted by Gasteiger charge is 2.40. The number of H-pyrrole nitrogens is 2. The molecule has 0 unspecified atom stereocenters. The molecule has 3 heterocycles. The molecule has 2 aromatic carbocycles. The quantitative estimate of drug-likeness (QED) is 0.0465. The van der Waals surface area contributed by atoms with Gasteiger partial charge in [0.1, 0.15) is 36.3 Å². The van der Waals surface area contributed by atoms with E-state index in [4.69, 9.17) is 17.2 Å². The average molecular weight is 928 g/mol. The van der Waals surface area contributed by atoms with Crippen LogP contribution >= 0.6 is 0 Å². The standard InChI is InChI=1S/C46H61N11O10/c1-5-24(2)38(43(65)54-34(44(66)57-18-10-15-35(57)39(48)61)20-26-23-51-30-14-9-7-12-28(26)30)56-40(62)31(16-17-36(47)58)52-41(63)32(19-25-22-50-29-13-8-6-11-27(25)29)53-42(64)33(21-37(59)60)55-45(67)46(3,4)49/h6-9,11-14,22-24,31-35,38,50-51H,5,10,15-21,49H2,1-4H3,(H2,47,58)(H2,48,61)(H,52,63)(H,53,64)(H,54,65)(H,55,67)(H,56,62)(H,59,60)/t24-,31-,32-,33-,34-,35-,38-/m0/s1. The zero-order chi connectivity index (χ0) is 49.2. The van der Waals surface area contributed by atoms with Gasteiger partial charge >= 0.3 is 5.97 Å². The highest BCUT2D eigenvalue weighted by Crippen LogP contribution is 2.24. The molecule has 1 aliphatic heterocycles. The Balaban J connectivity index is 1.43. The summed E-state index contributed by atoms with van der Waals surface area (Å²) in [6.07, 6.45) is 2.81. The number of carboxylic acid groups (broad SMARTS) is 1. The Labute approximate surface area is 386 Å². The average Bonchev–Trinajstić information content (AvgIpc) is 4.04. The fraction of sp³-hybridized carbons (Fsp3) is 0.457. The van der Waals surface area contributed by atoms with Gasteiger partial charge in [0.05, 0.1) is 12.0 Å². The van der Waals surface area contributed by atoms with E-state index in [2.05, 4.69) is 36.6 Å². The highest BCUT2D eigenvalue weighted by molar-refractivity contribution is 5.99.